The first kappa shape index (κ1) is 13.2. The van der Waals surface area contributed by atoms with E-state index in [9.17, 15) is 0 Å². The van der Waals surface area contributed by atoms with Crippen LogP contribution in [0.5, 0.6) is 5.75 Å². The average molecular weight is 343 g/mol. The van der Waals surface area contributed by atoms with Gasteiger partial charge in [0.15, 0.2) is 0 Å². The zero-order valence-electron chi connectivity index (χ0n) is 11.9. The molecule has 2 aliphatic heterocycles. The van der Waals surface area contributed by atoms with Crippen LogP contribution in [0, 0.1) is 0 Å². The van der Waals surface area contributed by atoms with Gasteiger partial charge in [-0.05, 0) is 29.6 Å². The second kappa shape index (κ2) is 4.84. The summed E-state index contributed by atoms with van der Waals surface area (Å²) in [5, 5.41) is 10.5. The first-order valence-corrected chi connectivity index (χ1v) is 8.43. The molecule has 3 aromatic rings. The minimum atomic E-state index is -0.00381. The van der Waals surface area contributed by atoms with Crippen molar-refractivity contribution in [2.75, 3.05) is 11.9 Å². The fraction of sp³-hybridized carbons (Fsp3) is 0.125. The summed E-state index contributed by atoms with van der Waals surface area (Å²) < 4.78 is 7.86. The van der Waals surface area contributed by atoms with Gasteiger partial charge in [-0.25, -0.2) is 4.68 Å². The standard InChI is InChI=1S/C16H11ClN4OS/c17-9-3-4-12-10(6-9)14-11(7-22-12)15(13-2-1-5-23-13)21-16(20-14)18-8-19-21/h1-6,8,15H,7H2,(H,18,19,20). The molecule has 5 nitrogen and oxygen atoms in total. The van der Waals surface area contributed by atoms with Crippen molar-refractivity contribution in [2.45, 2.75) is 6.04 Å². The molecule has 0 spiro atoms. The molecule has 0 amide bonds. The van der Waals surface area contributed by atoms with Gasteiger partial charge < -0.3 is 10.1 Å². The molecule has 2 aliphatic rings. The highest BCUT2D eigenvalue weighted by Crippen LogP contribution is 2.44. The largest absolute Gasteiger partial charge is 0.488 e. The fourth-order valence-corrected chi connectivity index (χ4v) is 4.13. The van der Waals surface area contributed by atoms with Crippen molar-refractivity contribution in [1.82, 2.24) is 14.8 Å². The first-order chi connectivity index (χ1) is 11.3. The summed E-state index contributed by atoms with van der Waals surface area (Å²) in [6, 6.07) is 9.83. The van der Waals surface area contributed by atoms with Crippen molar-refractivity contribution in [3.8, 4) is 5.75 Å². The lowest BCUT2D eigenvalue weighted by Crippen LogP contribution is -2.29. The molecule has 0 aliphatic carbocycles. The van der Waals surface area contributed by atoms with Crippen LogP contribution in [0.1, 0.15) is 16.5 Å². The summed E-state index contributed by atoms with van der Waals surface area (Å²) in [5.41, 5.74) is 3.13. The average Bonchev–Trinajstić information content (AvgIpc) is 3.24. The third kappa shape index (κ3) is 1.92. The van der Waals surface area contributed by atoms with Crippen molar-refractivity contribution in [3.05, 3.63) is 63.1 Å². The summed E-state index contributed by atoms with van der Waals surface area (Å²) in [5.74, 6) is 1.56. The Labute approximate surface area is 141 Å². The smallest absolute Gasteiger partial charge is 0.226 e. The highest BCUT2D eigenvalue weighted by atomic mass is 35.5. The number of aromatic nitrogens is 3. The highest BCUT2D eigenvalue weighted by molar-refractivity contribution is 7.10. The number of halogens is 1. The molecule has 0 saturated carbocycles. The van der Waals surface area contributed by atoms with Crippen LogP contribution in [0.2, 0.25) is 5.02 Å². The van der Waals surface area contributed by atoms with Crippen LogP contribution in [0.4, 0.5) is 5.95 Å². The van der Waals surface area contributed by atoms with Crippen LogP contribution in [-0.4, -0.2) is 21.4 Å². The summed E-state index contributed by atoms with van der Waals surface area (Å²) in [7, 11) is 0. The van der Waals surface area contributed by atoms with E-state index in [4.69, 9.17) is 16.3 Å². The quantitative estimate of drug-likeness (QED) is 0.730. The molecule has 5 rings (SSSR count). The second-order valence-corrected chi connectivity index (χ2v) is 6.82. The number of fused-ring (bicyclic) bond motifs is 3. The topological polar surface area (TPSA) is 52.0 Å². The number of ether oxygens (including phenoxy) is 1. The Morgan fingerprint density at radius 3 is 3.17 bits per heavy atom. The normalized spacial score (nSPS) is 18.6. The van der Waals surface area contributed by atoms with Crippen molar-refractivity contribution in [2.24, 2.45) is 0 Å². The van der Waals surface area contributed by atoms with E-state index in [2.05, 4.69) is 26.8 Å². The summed E-state index contributed by atoms with van der Waals surface area (Å²) in [6.45, 7) is 0.513. The maximum absolute atomic E-state index is 6.19. The lowest BCUT2D eigenvalue weighted by molar-refractivity contribution is 0.328. The van der Waals surface area contributed by atoms with Crippen LogP contribution in [0.3, 0.4) is 0 Å². The molecule has 0 bridgehead atoms. The zero-order valence-corrected chi connectivity index (χ0v) is 13.4. The molecule has 1 atom stereocenters. The molecule has 0 saturated heterocycles. The number of hydrogen-bond donors (Lipinski definition) is 1. The van der Waals surface area contributed by atoms with E-state index in [-0.39, 0.29) is 6.04 Å². The SMILES string of the molecule is Clc1ccc2c(c1)C1=C(CO2)C(c2cccs2)n2ncnc2N1. The Balaban J connectivity index is 1.76. The third-order valence-electron chi connectivity index (χ3n) is 4.11. The predicted octanol–water partition coefficient (Wildman–Crippen LogP) is 3.81. The van der Waals surface area contributed by atoms with Crippen molar-refractivity contribution in [3.63, 3.8) is 0 Å². The van der Waals surface area contributed by atoms with Crippen molar-refractivity contribution in [1.29, 1.82) is 0 Å². The van der Waals surface area contributed by atoms with Crippen molar-refractivity contribution >= 4 is 34.6 Å². The van der Waals surface area contributed by atoms with Gasteiger partial charge in [0.1, 0.15) is 24.7 Å². The molecule has 7 heteroatoms. The molecule has 0 fully saturated rings. The number of nitrogens with one attached hydrogen (secondary N) is 1. The first-order valence-electron chi connectivity index (χ1n) is 7.17. The maximum Gasteiger partial charge on any atom is 0.226 e. The molecule has 2 aromatic heterocycles. The Kier molecular flexibility index (Phi) is 2.77. The monoisotopic (exact) mass is 342 g/mol. The van der Waals surface area contributed by atoms with Gasteiger partial charge >= 0.3 is 0 Å². The molecular weight excluding hydrogens is 332 g/mol. The summed E-state index contributed by atoms with van der Waals surface area (Å²) in [6.07, 6.45) is 1.57. The van der Waals surface area contributed by atoms with Crippen LogP contribution >= 0.6 is 22.9 Å². The highest BCUT2D eigenvalue weighted by Gasteiger charge is 2.35. The number of benzene rings is 1. The van der Waals surface area contributed by atoms with E-state index >= 15 is 0 Å². The number of thiophene rings is 1. The number of anilines is 1. The zero-order chi connectivity index (χ0) is 15.4. The molecule has 23 heavy (non-hydrogen) atoms. The predicted molar refractivity (Wildman–Crippen MR) is 90.0 cm³/mol. The molecule has 1 aromatic carbocycles. The van der Waals surface area contributed by atoms with Gasteiger partial charge in [0.2, 0.25) is 5.95 Å². The Hall–Kier alpha value is -2.31. The Bertz CT molecular complexity index is 931. The Morgan fingerprint density at radius 2 is 2.30 bits per heavy atom. The van der Waals surface area contributed by atoms with E-state index in [0.717, 1.165) is 28.5 Å². The third-order valence-corrected chi connectivity index (χ3v) is 5.27. The van der Waals surface area contributed by atoms with Crippen LogP contribution < -0.4 is 10.1 Å². The van der Waals surface area contributed by atoms with E-state index < -0.39 is 0 Å². The minimum Gasteiger partial charge on any atom is -0.488 e. The number of hydrogen-bond acceptors (Lipinski definition) is 5. The lowest BCUT2D eigenvalue weighted by atomic mass is 9.95. The maximum atomic E-state index is 6.19. The Morgan fingerprint density at radius 1 is 1.35 bits per heavy atom. The van der Waals surface area contributed by atoms with E-state index in [0.29, 0.717) is 11.6 Å². The van der Waals surface area contributed by atoms with E-state index in [1.54, 1.807) is 17.7 Å². The van der Waals surface area contributed by atoms with E-state index in [1.807, 2.05) is 28.9 Å². The molecule has 1 N–H and O–H groups in total. The van der Waals surface area contributed by atoms with E-state index in [1.165, 1.54) is 4.88 Å². The summed E-state index contributed by atoms with van der Waals surface area (Å²) >= 11 is 7.89. The minimum absolute atomic E-state index is 0.00381. The molecular formula is C16H11ClN4OS. The van der Waals surface area contributed by atoms with Gasteiger partial charge in [0, 0.05) is 21.0 Å². The summed E-state index contributed by atoms with van der Waals surface area (Å²) in [4.78, 5) is 5.55. The number of nitrogens with zero attached hydrogens (tertiary/aromatic N) is 3. The van der Waals surface area contributed by atoms with Gasteiger partial charge in [0.25, 0.3) is 0 Å². The van der Waals surface area contributed by atoms with Gasteiger partial charge in [-0.2, -0.15) is 10.1 Å². The molecule has 1 unspecified atom stereocenters. The van der Waals surface area contributed by atoms with Crippen molar-refractivity contribution < 1.29 is 4.74 Å². The molecule has 114 valence electrons. The number of rotatable bonds is 1. The lowest BCUT2D eigenvalue weighted by Gasteiger charge is -2.33. The van der Waals surface area contributed by atoms with Crippen LogP contribution in [0.15, 0.2) is 47.6 Å². The molecule has 0 radical (unpaired) electrons. The molecule has 4 heterocycles. The van der Waals surface area contributed by atoms with Crippen LogP contribution in [0.25, 0.3) is 5.70 Å². The van der Waals surface area contributed by atoms with Gasteiger partial charge in [-0.15, -0.1) is 11.3 Å². The fourth-order valence-electron chi connectivity index (χ4n) is 3.11. The second-order valence-electron chi connectivity index (χ2n) is 5.40. The van der Waals surface area contributed by atoms with Crippen LogP contribution in [-0.2, 0) is 0 Å². The van der Waals surface area contributed by atoms with Gasteiger partial charge in [0.05, 0.1) is 5.70 Å². The van der Waals surface area contributed by atoms with Gasteiger partial charge in [-0.3, -0.25) is 0 Å². The van der Waals surface area contributed by atoms with Gasteiger partial charge in [-0.1, -0.05) is 17.7 Å².